The summed E-state index contributed by atoms with van der Waals surface area (Å²) in [6.45, 7) is 0.234. The number of benzene rings is 2. The lowest BCUT2D eigenvalue weighted by molar-refractivity contribution is 0.290. The number of para-hydroxylation sites is 1. The van der Waals surface area contributed by atoms with Crippen molar-refractivity contribution in [2.45, 2.75) is 6.61 Å². The lowest BCUT2D eigenvalue weighted by Gasteiger charge is -2.05. The normalized spacial score (nSPS) is 10.8. The van der Waals surface area contributed by atoms with E-state index in [4.69, 9.17) is 14.9 Å². The molecule has 2 N–H and O–H groups in total. The number of nitrogen functional groups attached to an aromatic ring is 1. The highest BCUT2D eigenvalue weighted by Gasteiger charge is 2.08. The van der Waals surface area contributed by atoms with Gasteiger partial charge in [0.15, 0.2) is 11.6 Å². The largest absolute Gasteiger partial charge is 0.486 e. The summed E-state index contributed by atoms with van der Waals surface area (Å²) in [5.74, 6) is -0.157. The van der Waals surface area contributed by atoms with Crippen LogP contribution in [0.2, 0.25) is 0 Å². The smallest absolute Gasteiger partial charge is 0.165 e. The SMILES string of the molecule is Nc1ccc2occ(COc3ccccc3F)c2c1. The molecule has 0 aliphatic heterocycles. The molecule has 0 bridgehead atoms. The highest BCUT2D eigenvalue weighted by Crippen LogP contribution is 2.25. The minimum atomic E-state index is -0.380. The Morgan fingerprint density at radius 2 is 2.00 bits per heavy atom. The van der Waals surface area contributed by atoms with E-state index < -0.39 is 0 Å². The van der Waals surface area contributed by atoms with Crippen LogP contribution in [0.4, 0.5) is 10.1 Å². The van der Waals surface area contributed by atoms with Crippen LogP contribution in [0.25, 0.3) is 11.0 Å². The first-order valence-electron chi connectivity index (χ1n) is 5.87. The van der Waals surface area contributed by atoms with Crippen LogP contribution >= 0.6 is 0 Å². The number of halogens is 1. The van der Waals surface area contributed by atoms with Gasteiger partial charge in [-0.25, -0.2) is 4.39 Å². The summed E-state index contributed by atoms with van der Waals surface area (Å²) in [4.78, 5) is 0. The van der Waals surface area contributed by atoms with Crippen LogP contribution in [-0.2, 0) is 6.61 Å². The molecule has 0 saturated heterocycles. The summed E-state index contributed by atoms with van der Waals surface area (Å²) < 4.78 is 24.3. The number of ether oxygens (including phenoxy) is 1. The molecule has 1 heterocycles. The van der Waals surface area contributed by atoms with Crippen molar-refractivity contribution in [2.75, 3.05) is 5.73 Å². The molecule has 0 fully saturated rings. The minimum Gasteiger partial charge on any atom is -0.486 e. The standard InChI is InChI=1S/C15H12FNO2/c16-13-3-1-2-4-15(13)19-9-10-8-18-14-6-5-11(17)7-12(10)14/h1-8H,9,17H2. The van der Waals surface area contributed by atoms with Crippen LogP contribution in [-0.4, -0.2) is 0 Å². The number of hydrogen-bond acceptors (Lipinski definition) is 3. The molecular formula is C15H12FNO2. The van der Waals surface area contributed by atoms with Crippen LogP contribution in [0.1, 0.15) is 5.56 Å². The van der Waals surface area contributed by atoms with Crippen LogP contribution in [0.5, 0.6) is 5.75 Å². The first-order valence-corrected chi connectivity index (χ1v) is 5.87. The maximum absolute atomic E-state index is 13.4. The third-order valence-corrected chi connectivity index (χ3v) is 2.90. The molecule has 4 heteroatoms. The Hall–Kier alpha value is -2.49. The predicted molar refractivity (Wildman–Crippen MR) is 71.4 cm³/mol. The maximum Gasteiger partial charge on any atom is 0.165 e. The summed E-state index contributed by atoms with van der Waals surface area (Å²) >= 11 is 0. The molecule has 0 saturated carbocycles. The molecule has 3 aromatic rings. The van der Waals surface area contributed by atoms with Crippen molar-refractivity contribution in [3.05, 3.63) is 60.1 Å². The average Bonchev–Trinajstić information content (AvgIpc) is 2.80. The second-order valence-corrected chi connectivity index (χ2v) is 4.24. The molecule has 19 heavy (non-hydrogen) atoms. The summed E-state index contributed by atoms with van der Waals surface area (Å²) in [5.41, 5.74) is 7.97. The Bertz CT molecular complexity index is 721. The molecule has 3 nitrogen and oxygen atoms in total. The topological polar surface area (TPSA) is 48.4 Å². The second kappa shape index (κ2) is 4.65. The van der Waals surface area contributed by atoms with Crippen molar-refractivity contribution >= 4 is 16.7 Å². The zero-order chi connectivity index (χ0) is 13.2. The fraction of sp³-hybridized carbons (Fsp3) is 0.0667. The quantitative estimate of drug-likeness (QED) is 0.727. The molecule has 0 aliphatic rings. The summed E-state index contributed by atoms with van der Waals surface area (Å²) in [5, 5.41) is 0.885. The van der Waals surface area contributed by atoms with Gasteiger partial charge < -0.3 is 14.9 Å². The fourth-order valence-electron chi connectivity index (χ4n) is 1.93. The van der Waals surface area contributed by atoms with Gasteiger partial charge in [0.25, 0.3) is 0 Å². The number of fused-ring (bicyclic) bond motifs is 1. The molecule has 3 rings (SSSR count). The molecule has 1 aromatic heterocycles. The van der Waals surface area contributed by atoms with E-state index >= 15 is 0 Å². The summed E-state index contributed by atoms with van der Waals surface area (Å²) in [6.07, 6.45) is 1.60. The Morgan fingerprint density at radius 3 is 2.84 bits per heavy atom. The third kappa shape index (κ3) is 2.25. The van der Waals surface area contributed by atoms with E-state index in [1.807, 2.05) is 6.07 Å². The molecular weight excluding hydrogens is 245 g/mol. The zero-order valence-corrected chi connectivity index (χ0v) is 10.1. The first kappa shape index (κ1) is 11.6. The van der Waals surface area contributed by atoms with Crippen LogP contribution in [0, 0.1) is 5.82 Å². The van der Waals surface area contributed by atoms with Crippen LogP contribution in [0.15, 0.2) is 53.1 Å². The van der Waals surface area contributed by atoms with Crippen molar-refractivity contribution in [1.82, 2.24) is 0 Å². The van der Waals surface area contributed by atoms with E-state index in [2.05, 4.69) is 0 Å². The van der Waals surface area contributed by atoms with Crippen LogP contribution < -0.4 is 10.5 Å². The lowest BCUT2D eigenvalue weighted by atomic mass is 10.1. The van der Waals surface area contributed by atoms with Crippen molar-refractivity contribution < 1.29 is 13.5 Å². The van der Waals surface area contributed by atoms with Gasteiger partial charge in [-0.15, -0.1) is 0 Å². The second-order valence-electron chi connectivity index (χ2n) is 4.24. The lowest BCUT2D eigenvalue weighted by Crippen LogP contribution is -1.96. The molecule has 0 spiro atoms. The van der Waals surface area contributed by atoms with Gasteiger partial charge >= 0.3 is 0 Å². The van der Waals surface area contributed by atoms with Crippen molar-refractivity contribution in [3.63, 3.8) is 0 Å². The first-order chi connectivity index (χ1) is 9.24. The Morgan fingerprint density at radius 1 is 1.16 bits per heavy atom. The molecule has 2 aromatic carbocycles. The van der Waals surface area contributed by atoms with Gasteiger partial charge in [0.1, 0.15) is 12.2 Å². The monoisotopic (exact) mass is 257 g/mol. The summed E-state index contributed by atoms with van der Waals surface area (Å²) in [6, 6.07) is 11.7. The molecule has 0 atom stereocenters. The Balaban J connectivity index is 1.86. The van der Waals surface area contributed by atoms with Gasteiger partial charge in [-0.2, -0.15) is 0 Å². The Labute approximate surface area is 109 Å². The molecule has 96 valence electrons. The van der Waals surface area contributed by atoms with Gasteiger partial charge in [-0.05, 0) is 30.3 Å². The van der Waals surface area contributed by atoms with E-state index in [1.165, 1.54) is 6.07 Å². The van der Waals surface area contributed by atoms with Gasteiger partial charge in [0.05, 0.1) is 6.26 Å². The maximum atomic E-state index is 13.4. The van der Waals surface area contributed by atoms with Gasteiger partial charge in [0, 0.05) is 16.6 Å². The van der Waals surface area contributed by atoms with Crippen molar-refractivity contribution in [3.8, 4) is 5.75 Å². The van der Waals surface area contributed by atoms with Crippen molar-refractivity contribution in [2.24, 2.45) is 0 Å². The third-order valence-electron chi connectivity index (χ3n) is 2.90. The molecule has 0 aliphatic carbocycles. The van der Waals surface area contributed by atoms with E-state index in [-0.39, 0.29) is 18.2 Å². The number of rotatable bonds is 3. The highest BCUT2D eigenvalue weighted by molar-refractivity contribution is 5.84. The van der Waals surface area contributed by atoms with E-state index in [0.29, 0.717) is 5.69 Å². The summed E-state index contributed by atoms with van der Waals surface area (Å²) in [7, 11) is 0. The minimum absolute atomic E-state index is 0.223. The van der Waals surface area contributed by atoms with E-state index in [0.717, 1.165) is 16.5 Å². The number of nitrogens with two attached hydrogens (primary N) is 1. The van der Waals surface area contributed by atoms with Gasteiger partial charge in [0.2, 0.25) is 0 Å². The number of anilines is 1. The molecule has 0 amide bonds. The average molecular weight is 257 g/mol. The van der Waals surface area contributed by atoms with E-state index in [1.54, 1.807) is 36.6 Å². The highest BCUT2D eigenvalue weighted by atomic mass is 19.1. The number of furan rings is 1. The number of hydrogen-bond donors (Lipinski definition) is 1. The predicted octanol–water partition coefficient (Wildman–Crippen LogP) is 3.73. The van der Waals surface area contributed by atoms with Gasteiger partial charge in [-0.3, -0.25) is 0 Å². The van der Waals surface area contributed by atoms with Gasteiger partial charge in [-0.1, -0.05) is 12.1 Å². The van der Waals surface area contributed by atoms with E-state index in [9.17, 15) is 4.39 Å². The molecule has 0 unspecified atom stereocenters. The Kier molecular flexibility index (Phi) is 2.83. The van der Waals surface area contributed by atoms with Crippen LogP contribution in [0.3, 0.4) is 0 Å². The van der Waals surface area contributed by atoms with Crippen molar-refractivity contribution in [1.29, 1.82) is 0 Å². The fourth-order valence-corrected chi connectivity index (χ4v) is 1.93. The zero-order valence-electron chi connectivity index (χ0n) is 10.1. The molecule has 0 radical (unpaired) electrons.